The summed E-state index contributed by atoms with van der Waals surface area (Å²) in [4.78, 5) is 38.2. The maximum atomic E-state index is 11.6. The number of esters is 2. The first-order valence-corrected chi connectivity index (χ1v) is 5.60. The van der Waals surface area contributed by atoms with Crippen LogP contribution < -0.4 is 4.74 Å². The van der Waals surface area contributed by atoms with Gasteiger partial charge in [0, 0.05) is 19.9 Å². The molecule has 8 nitrogen and oxygen atoms in total. The van der Waals surface area contributed by atoms with Crippen molar-refractivity contribution in [2.24, 2.45) is 0 Å². The lowest BCUT2D eigenvalue weighted by Crippen LogP contribution is -2.12. The quantitative estimate of drug-likeness (QED) is 0.599. The third-order valence-corrected chi connectivity index (χ3v) is 2.45. The molecule has 0 saturated heterocycles. The molecule has 0 atom stereocenters. The van der Waals surface area contributed by atoms with Crippen LogP contribution in [0.3, 0.4) is 0 Å². The van der Waals surface area contributed by atoms with Gasteiger partial charge in [0.2, 0.25) is 0 Å². The number of ether oxygens (including phenoxy) is 2. The van der Waals surface area contributed by atoms with Crippen LogP contribution in [0.5, 0.6) is 5.75 Å². The lowest BCUT2D eigenvalue weighted by molar-refractivity contribution is -0.131. The minimum atomic E-state index is -0.704. The molecule has 0 bridgehead atoms. The molecule has 0 spiro atoms. The Bertz CT molecular complexity index is 719. The molecular formula is C12H11N3O5. The highest BCUT2D eigenvalue weighted by Gasteiger charge is 2.19. The molecule has 0 saturated carbocycles. The molecule has 2 aromatic heterocycles. The van der Waals surface area contributed by atoms with E-state index in [0.717, 1.165) is 0 Å². The van der Waals surface area contributed by atoms with Gasteiger partial charge < -0.3 is 9.47 Å². The second kappa shape index (κ2) is 5.08. The van der Waals surface area contributed by atoms with Crippen LogP contribution in [0.15, 0.2) is 12.3 Å². The molecule has 0 amide bonds. The third-order valence-electron chi connectivity index (χ3n) is 2.45. The van der Waals surface area contributed by atoms with E-state index in [1.165, 1.54) is 37.7 Å². The number of rotatable bonds is 3. The zero-order valence-corrected chi connectivity index (χ0v) is 11.0. The first-order chi connectivity index (χ1) is 9.43. The van der Waals surface area contributed by atoms with E-state index >= 15 is 0 Å². The van der Waals surface area contributed by atoms with E-state index in [-0.39, 0.29) is 28.6 Å². The average Bonchev–Trinajstić information content (AvgIpc) is 2.79. The maximum Gasteiger partial charge on any atom is 0.356 e. The highest BCUT2D eigenvalue weighted by Crippen LogP contribution is 2.20. The second-order valence-electron chi connectivity index (χ2n) is 3.91. The zero-order valence-electron chi connectivity index (χ0n) is 11.0. The Labute approximate surface area is 113 Å². The minimum Gasteiger partial charge on any atom is -0.464 e. The molecule has 0 aliphatic heterocycles. The van der Waals surface area contributed by atoms with Gasteiger partial charge in [0.25, 0.3) is 0 Å². The van der Waals surface area contributed by atoms with E-state index in [1.807, 2.05) is 0 Å². The number of fused-ring (bicyclic) bond motifs is 1. The number of ketones is 1. The van der Waals surface area contributed by atoms with Gasteiger partial charge >= 0.3 is 11.9 Å². The summed E-state index contributed by atoms with van der Waals surface area (Å²) in [5.41, 5.74) is 0.154. The van der Waals surface area contributed by atoms with Gasteiger partial charge in [0.15, 0.2) is 22.9 Å². The van der Waals surface area contributed by atoms with E-state index in [4.69, 9.17) is 4.74 Å². The van der Waals surface area contributed by atoms with Gasteiger partial charge in [-0.1, -0.05) is 0 Å². The fourth-order valence-electron chi connectivity index (χ4n) is 1.63. The predicted molar refractivity (Wildman–Crippen MR) is 65.6 cm³/mol. The second-order valence-corrected chi connectivity index (χ2v) is 3.91. The number of aromatic nitrogens is 3. The van der Waals surface area contributed by atoms with Gasteiger partial charge in [0.05, 0.1) is 13.3 Å². The van der Waals surface area contributed by atoms with E-state index in [1.54, 1.807) is 0 Å². The van der Waals surface area contributed by atoms with Crippen molar-refractivity contribution in [1.29, 1.82) is 0 Å². The van der Waals surface area contributed by atoms with Crippen molar-refractivity contribution in [3.63, 3.8) is 0 Å². The highest BCUT2D eigenvalue weighted by molar-refractivity contribution is 5.96. The fourth-order valence-corrected chi connectivity index (χ4v) is 1.63. The van der Waals surface area contributed by atoms with Crippen molar-refractivity contribution in [1.82, 2.24) is 14.6 Å². The van der Waals surface area contributed by atoms with Crippen LogP contribution in [-0.4, -0.2) is 39.4 Å². The first-order valence-electron chi connectivity index (χ1n) is 5.60. The average molecular weight is 277 g/mol. The number of hydrogen-bond donors (Lipinski definition) is 0. The summed E-state index contributed by atoms with van der Waals surface area (Å²) in [5, 5.41) is 3.92. The molecule has 20 heavy (non-hydrogen) atoms. The summed E-state index contributed by atoms with van der Waals surface area (Å²) >= 11 is 0. The predicted octanol–water partition coefficient (Wildman–Crippen LogP) is 0.644. The van der Waals surface area contributed by atoms with Crippen molar-refractivity contribution >= 4 is 23.4 Å². The van der Waals surface area contributed by atoms with Gasteiger partial charge in [-0.2, -0.15) is 5.10 Å². The molecule has 0 aliphatic rings. The van der Waals surface area contributed by atoms with Crippen LogP contribution in [-0.2, 0) is 9.53 Å². The van der Waals surface area contributed by atoms with Gasteiger partial charge in [-0.3, -0.25) is 9.59 Å². The number of nitrogens with zero attached hydrogens (tertiary/aromatic N) is 3. The number of carbonyl (C=O) groups is 3. The Hall–Kier alpha value is -2.77. The molecule has 2 rings (SSSR count). The van der Waals surface area contributed by atoms with Crippen molar-refractivity contribution in [3.8, 4) is 5.75 Å². The number of Topliss-reactive ketones (excluding diaryl/α,β-unsaturated/α-hetero) is 1. The monoisotopic (exact) mass is 277 g/mol. The molecule has 104 valence electrons. The standard InChI is InChI=1S/C12H11N3O5/c1-6(16)9-4-8(12(18)19-3)14-11-10(20-7(2)17)5-13-15(9)11/h4-5H,1-3H3. The van der Waals surface area contributed by atoms with E-state index in [0.29, 0.717) is 0 Å². The van der Waals surface area contributed by atoms with Crippen molar-refractivity contribution in [2.45, 2.75) is 13.8 Å². The summed E-state index contributed by atoms with van der Waals surface area (Å²) in [6.07, 6.45) is 1.25. The molecule has 2 aromatic rings. The van der Waals surface area contributed by atoms with Crippen molar-refractivity contribution < 1.29 is 23.9 Å². The summed E-state index contributed by atoms with van der Waals surface area (Å²) in [5.74, 6) is -1.52. The number of methoxy groups -OCH3 is 1. The van der Waals surface area contributed by atoms with Crippen LogP contribution in [0.1, 0.15) is 34.8 Å². The highest BCUT2D eigenvalue weighted by atomic mass is 16.5. The normalized spacial score (nSPS) is 10.3. The minimum absolute atomic E-state index is 0.0609. The Morgan fingerprint density at radius 1 is 1.25 bits per heavy atom. The lowest BCUT2D eigenvalue weighted by Gasteiger charge is -2.05. The van der Waals surface area contributed by atoms with Gasteiger partial charge in [0.1, 0.15) is 5.69 Å². The summed E-state index contributed by atoms with van der Waals surface area (Å²) in [6.45, 7) is 2.54. The van der Waals surface area contributed by atoms with Crippen LogP contribution in [0.4, 0.5) is 0 Å². The summed E-state index contributed by atoms with van der Waals surface area (Å²) < 4.78 is 10.7. The lowest BCUT2D eigenvalue weighted by atomic mass is 10.2. The smallest absolute Gasteiger partial charge is 0.356 e. The van der Waals surface area contributed by atoms with Crippen LogP contribution in [0.25, 0.3) is 5.65 Å². The molecule has 0 aromatic carbocycles. The SMILES string of the molecule is COC(=O)c1cc(C(C)=O)n2ncc(OC(C)=O)c2n1. The van der Waals surface area contributed by atoms with E-state index in [2.05, 4.69) is 14.8 Å². The van der Waals surface area contributed by atoms with Gasteiger partial charge in [-0.25, -0.2) is 14.3 Å². The number of carbonyl (C=O) groups excluding carboxylic acids is 3. The van der Waals surface area contributed by atoms with Gasteiger partial charge in [-0.05, 0) is 0 Å². The van der Waals surface area contributed by atoms with Gasteiger partial charge in [-0.15, -0.1) is 0 Å². The van der Waals surface area contributed by atoms with Crippen LogP contribution >= 0.6 is 0 Å². The largest absolute Gasteiger partial charge is 0.464 e. The third kappa shape index (κ3) is 2.35. The van der Waals surface area contributed by atoms with E-state index in [9.17, 15) is 14.4 Å². The Balaban J connectivity index is 2.71. The zero-order chi connectivity index (χ0) is 14.9. The molecular weight excluding hydrogens is 266 g/mol. The first kappa shape index (κ1) is 13.7. The Morgan fingerprint density at radius 3 is 2.50 bits per heavy atom. The van der Waals surface area contributed by atoms with Crippen molar-refractivity contribution in [2.75, 3.05) is 7.11 Å². The molecule has 0 fully saturated rings. The molecule has 2 heterocycles. The summed E-state index contributed by atoms with van der Waals surface area (Å²) in [7, 11) is 1.20. The van der Waals surface area contributed by atoms with E-state index < -0.39 is 11.9 Å². The number of hydrogen-bond acceptors (Lipinski definition) is 7. The molecule has 0 aliphatic carbocycles. The molecule has 8 heteroatoms. The molecule has 0 radical (unpaired) electrons. The summed E-state index contributed by atoms with van der Waals surface area (Å²) in [6, 6.07) is 1.27. The topological polar surface area (TPSA) is 99.9 Å². The molecule has 0 unspecified atom stereocenters. The van der Waals surface area contributed by atoms with Crippen LogP contribution in [0, 0.1) is 0 Å². The Kier molecular flexibility index (Phi) is 3.47. The Morgan fingerprint density at radius 2 is 1.95 bits per heavy atom. The van der Waals surface area contributed by atoms with Crippen molar-refractivity contribution in [3.05, 3.63) is 23.7 Å². The van der Waals surface area contributed by atoms with Crippen LogP contribution in [0.2, 0.25) is 0 Å². The molecule has 0 N–H and O–H groups in total. The maximum absolute atomic E-state index is 11.6. The fraction of sp³-hybridized carbons (Fsp3) is 0.250.